The molecule has 7 heteroatoms. The SMILES string of the molecule is Cc1cnc2c(S(=O)(=O)Nc3cccc(C(=O)NC4CC4)c3)cccc2c1. The molecule has 1 aliphatic rings. The fraction of sp³-hybridized carbons (Fsp3) is 0.200. The van der Waals surface area contributed by atoms with Gasteiger partial charge in [0.05, 0.1) is 5.52 Å². The van der Waals surface area contributed by atoms with Crippen molar-refractivity contribution in [2.45, 2.75) is 30.7 Å². The van der Waals surface area contributed by atoms with Crippen molar-refractivity contribution in [2.75, 3.05) is 4.72 Å². The number of hydrogen-bond acceptors (Lipinski definition) is 4. The molecule has 138 valence electrons. The smallest absolute Gasteiger partial charge is 0.264 e. The fourth-order valence-corrected chi connectivity index (χ4v) is 4.12. The van der Waals surface area contributed by atoms with Crippen molar-refractivity contribution in [2.24, 2.45) is 0 Å². The highest BCUT2D eigenvalue weighted by Crippen LogP contribution is 2.25. The van der Waals surface area contributed by atoms with Crippen molar-refractivity contribution < 1.29 is 13.2 Å². The van der Waals surface area contributed by atoms with Gasteiger partial charge in [-0.05, 0) is 55.7 Å². The van der Waals surface area contributed by atoms with Crippen LogP contribution in [0.2, 0.25) is 0 Å². The van der Waals surface area contributed by atoms with Gasteiger partial charge >= 0.3 is 0 Å². The number of pyridine rings is 1. The zero-order valence-corrected chi connectivity index (χ0v) is 15.6. The molecule has 27 heavy (non-hydrogen) atoms. The largest absolute Gasteiger partial charge is 0.349 e. The number of sulfonamides is 1. The molecule has 1 aromatic heterocycles. The van der Waals surface area contributed by atoms with Crippen molar-refractivity contribution in [3.8, 4) is 0 Å². The molecule has 1 fully saturated rings. The summed E-state index contributed by atoms with van der Waals surface area (Å²) in [5.41, 5.74) is 2.13. The Morgan fingerprint density at radius 3 is 2.67 bits per heavy atom. The lowest BCUT2D eigenvalue weighted by Gasteiger charge is -2.11. The van der Waals surface area contributed by atoms with Crippen molar-refractivity contribution in [3.05, 3.63) is 65.9 Å². The summed E-state index contributed by atoms with van der Waals surface area (Å²) in [5, 5.41) is 3.65. The van der Waals surface area contributed by atoms with Gasteiger partial charge < -0.3 is 5.32 Å². The summed E-state index contributed by atoms with van der Waals surface area (Å²) < 4.78 is 28.4. The molecule has 4 rings (SSSR count). The van der Waals surface area contributed by atoms with Gasteiger partial charge in [-0.3, -0.25) is 14.5 Å². The number of carbonyl (C=O) groups is 1. The molecule has 0 spiro atoms. The van der Waals surface area contributed by atoms with Crippen LogP contribution in [-0.2, 0) is 10.0 Å². The molecule has 0 bridgehead atoms. The van der Waals surface area contributed by atoms with Crippen LogP contribution in [-0.4, -0.2) is 25.4 Å². The molecule has 2 aromatic carbocycles. The Kier molecular flexibility index (Phi) is 4.31. The van der Waals surface area contributed by atoms with E-state index in [1.54, 1.807) is 30.5 Å². The van der Waals surface area contributed by atoms with Crippen molar-refractivity contribution in [1.29, 1.82) is 0 Å². The molecule has 0 radical (unpaired) electrons. The highest BCUT2D eigenvalue weighted by molar-refractivity contribution is 7.93. The Morgan fingerprint density at radius 2 is 1.89 bits per heavy atom. The fourth-order valence-electron chi connectivity index (χ4n) is 2.89. The van der Waals surface area contributed by atoms with Gasteiger partial charge in [0, 0.05) is 28.9 Å². The third-order valence-corrected chi connectivity index (χ3v) is 5.80. The average molecular weight is 381 g/mol. The summed E-state index contributed by atoms with van der Waals surface area (Å²) in [6, 6.07) is 13.7. The summed E-state index contributed by atoms with van der Waals surface area (Å²) >= 11 is 0. The maximum absolute atomic E-state index is 12.9. The predicted molar refractivity (Wildman–Crippen MR) is 104 cm³/mol. The topological polar surface area (TPSA) is 88.2 Å². The number of aryl methyl sites for hydroxylation is 1. The molecular weight excluding hydrogens is 362 g/mol. The van der Waals surface area contributed by atoms with Crippen LogP contribution in [0.4, 0.5) is 5.69 Å². The molecule has 2 N–H and O–H groups in total. The molecule has 6 nitrogen and oxygen atoms in total. The number of carbonyl (C=O) groups excluding carboxylic acids is 1. The Morgan fingerprint density at radius 1 is 1.11 bits per heavy atom. The molecule has 0 aliphatic heterocycles. The van der Waals surface area contributed by atoms with E-state index in [1.807, 2.05) is 19.1 Å². The Balaban J connectivity index is 1.65. The maximum atomic E-state index is 12.9. The second kappa shape index (κ2) is 6.66. The van der Waals surface area contributed by atoms with Crippen LogP contribution < -0.4 is 10.0 Å². The summed E-state index contributed by atoms with van der Waals surface area (Å²) in [4.78, 5) is 16.6. The van der Waals surface area contributed by atoms with E-state index in [9.17, 15) is 13.2 Å². The lowest BCUT2D eigenvalue weighted by molar-refractivity contribution is 0.0951. The standard InChI is InChI=1S/C20H19N3O3S/c1-13-10-14-4-3-7-18(19(14)21-12-13)27(25,26)23-17-6-2-5-15(11-17)20(24)22-16-8-9-16/h2-7,10-12,16,23H,8-9H2,1H3,(H,22,24). The summed E-state index contributed by atoms with van der Waals surface area (Å²) in [7, 11) is -3.85. The number of amides is 1. The molecule has 1 saturated carbocycles. The normalized spacial score (nSPS) is 14.1. The van der Waals surface area contributed by atoms with E-state index in [0.717, 1.165) is 23.8 Å². The number of para-hydroxylation sites is 1. The zero-order valence-electron chi connectivity index (χ0n) is 14.8. The third-order valence-electron chi connectivity index (χ3n) is 4.39. The van der Waals surface area contributed by atoms with E-state index >= 15 is 0 Å². The summed E-state index contributed by atoms with van der Waals surface area (Å²) in [6.45, 7) is 1.91. The van der Waals surface area contributed by atoms with Gasteiger partial charge in [-0.25, -0.2) is 8.42 Å². The van der Waals surface area contributed by atoms with Gasteiger partial charge in [0.25, 0.3) is 15.9 Å². The Labute approximate surface area is 157 Å². The van der Waals surface area contributed by atoms with Gasteiger partial charge in [0.2, 0.25) is 0 Å². The Hall–Kier alpha value is -2.93. The molecular formula is C20H19N3O3S. The number of fused-ring (bicyclic) bond motifs is 1. The van der Waals surface area contributed by atoms with Crippen LogP contribution in [0.5, 0.6) is 0 Å². The van der Waals surface area contributed by atoms with E-state index in [1.165, 1.54) is 12.1 Å². The van der Waals surface area contributed by atoms with Crippen molar-refractivity contribution in [1.82, 2.24) is 10.3 Å². The first kappa shape index (κ1) is 17.5. The minimum atomic E-state index is -3.85. The second-order valence-electron chi connectivity index (χ2n) is 6.77. The molecule has 0 saturated heterocycles. The van der Waals surface area contributed by atoms with E-state index in [4.69, 9.17) is 0 Å². The molecule has 0 unspecified atom stereocenters. The molecule has 1 aliphatic carbocycles. The highest BCUT2D eigenvalue weighted by Gasteiger charge is 2.24. The van der Waals surface area contributed by atoms with Crippen LogP contribution in [0.25, 0.3) is 10.9 Å². The van der Waals surface area contributed by atoms with Gasteiger partial charge in [-0.15, -0.1) is 0 Å². The number of rotatable bonds is 5. The summed E-state index contributed by atoms with van der Waals surface area (Å²) in [6.07, 6.45) is 3.63. The van der Waals surface area contributed by atoms with Crippen LogP contribution in [0.1, 0.15) is 28.8 Å². The van der Waals surface area contributed by atoms with Crippen LogP contribution >= 0.6 is 0 Å². The molecule has 1 heterocycles. The first-order valence-corrected chi connectivity index (χ1v) is 10.2. The number of nitrogens with one attached hydrogen (secondary N) is 2. The van der Waals surface area contributed by atoms with Gasteiger partial charge in [0.15, 0.2) is 0 Å². The minimum absolute atomic E-state index is 0.104. The number of benzene rings is 2. The molecule has 1 amide bonds. The van der Waals surface area contributed by atoms with E-state index in [2.05, 4.69) is 15.0 Å². The predicted octanol–water partition coefficient (Wildman–Crippen LogP) is 3.24. The lowest BCUT2D eigenvalue weighted by Crippen LogP contribution is -2.25. The number of aromatic nitrogens is 1. The quantitative estimate of drug-likeness (QED) is 0.710. The number of nitrogens with zero attached hydrogens (tertiary/aromatic N) is 1. The van der Waals surface area contributed by atoms with Gasteiger partial charge in [-0.1, -0.05) is 18.2 Å². The monoisotopic (exact) mass is 381 g/mol. The first-order chi connectivity index (χ1) is 12.9. The van der Waals surface area contributed by atoms with Crippen LogP contribution in [0, 0.1) is 6.92 Å². The van der Waals surface area contributed by atoms with Gasteiger partial charge in [-0.2, -0.15) is 0 Å². The Bertz CT molecular complexity index is 1140. The molecule has 0 atom stereocenters. The van der Waals surface area contributed by atoms with Crippen LogP contribution in [0.3, 0.4) is 0 Å². The van der Waals surface area contributed by atoms with Crippen molar-refractivity contribution in [3.63, 3.8) is 0 Å². The van der Waals surface area contributed by atoms with E-state index in [0.29, 0.717) is 16.8 Å². The van der Waals surface area contributed by atoms with E-state index < -0.39 is 10.0 Å². The van der Waals surface area contributed by atoms with E-state index in [-0.39, 0.29) is 16.8 Å². The first-order valence-electron chi connectivity index (χ1n) is 8.71. The second-order valence-corrected chi connectivity index (χ2v) is 8.43. The third kappa shape index (κ3) is 3.78. The summed E-state index contributed by atoms with van der Waals surface area (Å²) in [5.74, 6) is -0.194. The number of hydrogen-bond donors (Lipinski definition) is 2. The van der Waals surface area contributed by atoms with Gasteiger partial charge in [0.1, 0.15) is 4.90 Å². The molecule has 3 aromatic rings. The van der Waals surface area contributed by atoms with Crippen molar-refractivity contribution >= 4 is 32.5 Å². The average Bonchev–Trinajstić information content (AvgIpc) is 3.44. The highest BCUT2D eigenvalue weighted by atomic mass is 32.2. The van der Waals surface area contributed by atoms with Crippen LogP contribution in [0.15, 0.2) is 59.6 Å². The lowest BCUT2D eigenvalue weighted by atomic mass is 10.2. The maximum Gasteiger partial charge on any atom is 0.264 e. The minimum Gasteiger partial charge on any atom is -0.349 e. The zero-order chi connectivity index (χ0) is 19.0. The number of anilines is 1.